The molecular formula is C12H21NS2. The second-order valence-electron chi connectivity index (χ2n) is 4.03. The molecule has 1 heterocycles. The van der Waals surface area contributed by atoms with Crippen LogP contribution in [0.2, 0.25) is 0 Å². The lowest BCUT2D eigenvalue weighted by atomic mass is 10.1. The lowest BCUT2D eigenvalue weighted by Crippen LogP contribution is -2.36. The smallest absolute Gasteiger partial charge is 0.00894 e. The molecule has 0 aromatic carbocycles. The van der Waals surface area contributed by atoms with Crippen molar-refractivity contribution in [2.45, 2.75) is 38.8 Å². The van der Waals surface area contributed by atoms with E-state index < -0.39 is 0 Å². The van der Waals surface area contributed by atoms with Gasteiger partial charge in [-0.3, -0.25) is 0 Å². The zero-order valence-corrected chi connectivity index (χ0v) is 11.5. The molecule has 2 unspecified atom stereocenters. The van der Waals surface area contributed by atoms with E-state index in [1.54, 1.807) is 0 Å². The number of rotatable bonds is 7. The normalized spacial score (nSPS) is 15.1. The van der Waals surface area contributed by atoms with E-state index in [1.807, 2.05) is 23.1 Å². The van der Waals surface area contributed by atoms with E-state index in [2.05, 4.69) is 42.9 Å². The van der Waals surface area contributed by atoms with Crippen molar-refractivity contribution >= 4 is 23.1 Å². The van der Waals surface area contributed by atoms with Crippen LogP contribution in [0, 0.1) is 0 Å². The SMILES string of the molecule is CSCCC(C)NC(C)Cc1cccs1. The summed E-state index contributed by atoms with van der Waals surface area (Å²) in [5, 5.41) is 5.80. The van der Waals surface area contributed by atoms with E-state index in [9.17, 15) is 0 Å². The van der Waals surface area contributed by atoms with E-state index >= 15 is 0 Å². The summed E-state index contributed by atoms with van der Waals surface area (Å²) in [6.45, 7) is 4.55. The maximum Gasteiger partial charge on any atom is 0.00894 e. The second-order valence-corrected chi connectivity index (χ2v) is 6.05. The molecule has 0 aliphatic heterocycles. The first-order valence-electron chi connectivity index (χ1n) is 5.49. The van der Waals surface area contributed by atoms with Gasteiger partial charge >= 0.3 is 0 Å². The molecule has 0 spiro atoms. The zero-order chi connectivity index (χ0) is 11.1. The van der Waals surface area contributed by atoms with Gasteiger partial charge in [0.25, 0.3) is 0 Å². The van der Waals surface area contributed by atoms with Crippen LogP contribution in [0.4, 0.5) is 0 Å². The fourth-order valence-corrected chi connectivity index (χ4v) is 3.08. The summed E-state index contributed by atoms with van der Waals surface area (Å²) in [6.07, 6.45) is 4.58. The van der Waals surface area contributed by atoms with Crippen LogP contribution >= 0.6 is 23.1 Å². The fraction of sp³-hybridized carbons (Fsp3) is 0.667. The Morgan fingerprint density at radius 2 is 2.20 bits per heavy atom. The molecular weight excluding hydrogens is 222 g/mol. The van der Waals surface area contributed by atoms with Gasteiger partial charge in [-0.15, -0.1) is 11.3 Å². The lowest BCUT2D eigenvalue weighted by molar-refractivity contribution is 0.459. The largest absolute Gasteiger partial charge is 0.311 e. The van der Waals surface area contributed by atoms with E-state index in [4.69, 9.17) is 0 Å². The van der Waals surface area contributed by atoms with Crippen LogP contribution < -0.4 is 5.32 Å². The maximum atomic E-state index is 3.65. The van der Waals surface area contributed by atoms with Crippen LogP contribution in [0.5, 0.6) is 0 Å². The molecule has 1 aromatic rings. The number of thioether (sulfide) groups is 1. The average molecular weight is 243 g/mol. The van der Waals surface area contributed by atoms with Gasteiger partial charge in [0.05, 0.1) is 0 Å². The standard InChI is InChI=1S/C12H21NS2/c1-10(6-8-14-3)13-11(2)9-12-5-4-7-15-12/h4-5,7,10-11,13H,6,8-9H2,1-3H3. The summed E-state index contributed by atoms with van der Waals surface area (Å²) in [5.74, 6) is 1.25. The Labute approximate surface area is 102 Å². The topological polar surface area (TPSA) is 12.0 Å². The highest BCUT2D eigenvalue weighted by atomic mass is 32.2. The second kappa shape index (κ2) is 7.31. The minimum Gasteiger partial charge on any atom is -0.311 e. The predicted octanol–water partition coefficient (Wildman–Crippen LogP) is 3.41. The molecule has 0 radical (unpaired) electrons. The minimum absolute atomic E-state index is 0.584. The average Bonchev–Trinajstić information content (AvgIpc) is 2.67. The minimum atomic E-state index is 0.584. The van der Waals surface area contributed by atoms with Gasteiger partial charge in [0.2, 0.25) is 0 Å². The first-order valence-corrected chi connectivity index (χ1v) is 7.77. The summed E-state index contributed by atoms with van der Waals surface area (Å²) < 4.78 is 0. The predicted molar refractivity (Wildman–Crippen MR) is 73.1 cm³/mol. The Kier molecular flexibility index (Phi) is 6.37. The fourth-order valence-electron chi connectivity index (χ4n) is 1.65. The van der Waals surface area contributed by atoms with Crippen molar-refractivity contribution in [2.24, 2.45) is 0 Å². The van der Waals surface area contributed by atoms with Gasteiger partial charge in [-0.1, -0.05) is 6.07 Å². The quantitative estimate of drug-likeness (QED) is 0.787. The van der Waals surface area contributed by atoms with Gasteiger partial charge in [0.15, 0.2) is 0 Å². The van der Waals surface area contributed by atoms with Crippen LogP contribution in [-0.2, 0) is 6.42 Å². The third-order valence-electron chi connectivity index (χ3n) is 2.41. The molecule has 0 fully saturated rings. The highest BCUT2D eigenvalue weighted by Crippen LogP contribution is 2.11. The van der Waals surface area contributed by atoms with Crippen molar-refractivity contribution in [3.8, 4) is 0 Å². The van der Waals surface area contributed by atoms with E-state index in [-0.39, 0.29) is 0 Å². The molecule has 3 heteroatoms. The highest BCUT2D eigenvalue weighted by Gasteiger charge is 2.08. The van der Waals surface area contributed by atoms with Crippen LogP contribution in [0.1, 0.15) is 25.1 Å². The van der Waals surface area contributed by atoms with Crippen LogP contribution in [-0.4, -0.2) is 24.1 Å². The Balaban J connectivity index is 2.20. The first-order chi connectivity index (χ1) is 7.22. The Bertz CT molecular complexity index is 246. The number of hydrogen-bond acceptors (Lipinski definition) is 3. The van der Waals surface area contributed by atoms with Crippen molar-refractivity contribution in [3.63, 3.8) is 0 Å². The Morgan fingerprint density at radius 3 is 2.80 bits per heavy atom. The maximum absolute atomic E-state index is 3.65. The molecule has 0 amide bonds. The molecule has 0 saturated heterocycles. The van der Waals surface area contributed by atoms with Gasteiger partial charge in [-0.05, 0) is 50.1 Å². The number of nitrogens with one attached hydrogen (secondary N) is 1. The lowest BCUT2D eigenvalue weighted by Gasteiger charge is -2.19. The van der Waals surface area contributed by atoms with Gasteiger partial charge in [0.1, 0.15) is 0 Å². The van der Waals surface area contributed by atoms with Gasteiger partial charge in [-0.2, -0.15) is 11.8 Å². The number of hydrogen-bond donors (Lipinski definition) is 1. The van der Waals surface area contributed by atoms with Crippen LogP contribution in [0.25, 0.3) is 0 Å². The van der Waals surface area contributed by atoms with Crippen LogP contribution in [0.15, 0.2) is 17.5 Å². The Hall–Kier alpha value is 0.01000. The molecule has 0 bridgehead atoms. The molecule has 86 valence electrons. The summed E-state index contributed by atoms with van der Waals surface area (Å²) in [7, 11) is 0. The third kappa shape index (κ3) is 5.59. The molecule has 1 aromatic heterocycles. The Morgan fingerprint density at radius 1 is 1.40 bits per heavy atom. The van der Waals surface area contributed by atoms with Gasteiger partial charge < -0.3 is 5.32 Å². The molecule has 1 N–H and O–H groups in total. The molecule has 1 rings (SSSR count). The summed E-state index contributed by atoms with van der Waals surface area (Å²) in [5.41, 5.74) is 0. The van der Waals surface area contributed by atoms with Crippen molar-refractivity contribution in [1.29, 1.82) is 0 Å². The zero-order valence-electron chi connectivity index (χ0n) is 9.82. The summed E-state index contributed by atoms with van der Waals surface area (Å²) in [4.78, 5) is 1.48. The number of thiophene rings is 1. The highest BCUT2D eigenvalue weighted by molar-refractivity contribution is 7.98. The molecule has 2 atom stereocenters. The first kappa shape index (κ1) is 13.1. The molecule has 15 heavy (non-hydrogen) atoms. The van der Waals surface area contributed by atoms with E-state index in [0.717, 1.165) is 6.42 Å². The molecule has 0 saturated carbocycles. The summed E-state index contributed by atoms with van der Waals surface area (Å²) >= 11 is 3.78. The van der Waals surface area contributed by atoms with Gasteiger partial charge in [0, 0.05) is 17.0 Å². The monoisotopic (exact) mass is 243 g/mol. The van der Waals surface area contributed by atoms with Crippen molar-refractivity contribution in [2.75, 3.05) is 12.0 Å². The van der Waals surface area contributed by atoms with Crippen molar-refractivity contribution in [1.82, 2.24) is 5.32 Å². The van der Waals surface area contributed by atoms with E-state index in [0.29, 0.717) is 12.1 Å². The van der Waals surface area contributed by atoms with E-state index in [1.165, 1.54) is 17.1 Å². The van der Waals surface area contributed by atoms with Crippen molar-refractivity contribution in [3.05, 3.63) is 22.4 Å². The van der Waals surface area contributed by atoms with Gasteiger partial charge in [-0.25, -0.2) is 0 Å². The summed E-state index contributed by atoms with van der Waals surface area (Å²) in [6, 6.07) is 5.56. The third-order valence-corrected chi connectivity index (χ3v) is 3.95. The molecule has 0 aliphatic carbocycles. The molecule has 0 aliphatic rings. The molecule has 1 nitrogen and oxygen atoms in total. The van der Waals surface area contributed by atoms with Crippen LogP contribution in [0.3, 0.4) is 0 Å². The van der Waals surface area contributed by atoms with Crippen molar-refractivity contribution < 1.29 is 0 Å².